The molecule has 0 aliphatic rings. The molecule has 2 aromatic carbocycles. The number of rotatable bonds is 4. The molecular formula is C17H14FN7. The summed E-state index contributed by atoms with van der Waals surface area (Å²) in [6.45, 7) is 0.457. The number of halogens is 1. The molecule has 8 heteroatoms. The molecule has 3 N–H and O–H groups in total. The van der Waals surface area contributed by atoms with E-state index in [0.717, 1.165) is 16.6 Å². The zero-order valence-corrected chi connectivity index (χ0v) is 13.1. The first kappa shape index (κ1) is 15.0. The molecule has 0 saturated carbocycles. The van der Waals surface area contributed by atoms with E-state index in [0.29, 0.717) is 23.9 Å². The van der Waals surface area contributed by atoms with Crippen molar-refractivity contribution in [2.45, 2.75) is 6.54 Å². The van der Waals surface area contributed by atoms with Crippen molar-refractivity contribution in [2.75, 3.05) is 11.1 Å². The zero-order valence-electron chi connectivity index (χ0n) is 13.1. The molecule has 0 amide bonds. The number of aromatic nitrogens is 5. The third-order valence-corrected chi connectivity index (χ3v) is 3.79. The fourth-order valence-corrected chi connectivity index (χ4v) is 2.51. The van der Waals surface area contributed by atoms with Gasteiger partial charge in [-0.15, -0.1) is 5.10 Å². The minimum Gasteiger partial charge on any atom is -0.393 e. The highest BCUT2D eigenvalue weighted by Gasteiger charge is 2.13. The van der Waals surface area contributed by atoms with Crippen LogP contribution in [0.1, 0.15) is 5.56 Å². The quantitative estimate of drug-likeness (QED) is 0.595. The van der Waals surface area contributed by atoms with Gasteiger partial charge in [-0.25, -0.2) is 14.4 Å². The van der Waals surface area contributed by atoms with Crippen LogP contribution in [0.25, 0.3) is 16.9 Å². The van der Waals surface area contributed by atoms with Crippen LogP contribution in [0.5, 0.6) is 0 Å². The second-order valence-corrected chi connectivity index (χ2v) is 5.43. The summed E-state index contributed by atoms with van der Waals surface area (Å²) in [6, 6.07) is 13.8. The van der Waals surface area contributed by atoms with Crippen molar-refractivity contribution < 1.29 is 4.39 Å². The maximum atomic E-state index is 13.0. The van der Waals surface area contributed by atoms with Gasteiger partial charge in [0.05, 0.1) is 5.52 Å². The highest BCUT2D eigenvalue weighted by Crippen LogP contribution is 2.24. The van der Waals surface area contributed by atoms with Gasteiger partial charge >= 0.3 is 0 Å². The first-order chi connectivity index (χ1) is 12.2. The number of anilines is 2. The molecule has 7 nitrogen and oxygen atoms in total. The van der Waals surface area contributed by atoms with E-state index in [4.69, 9.17) is 5.73 Å². The van der Waals surface area contributed by atoms with Crippen LogP contribution >= 0.6 is 0 Å². The molecule has 2 aromatic heterocycles. The largest absolute Gasteiger partial charge is 0.393 e. The number of para-hydroxylation sites is 1. The van der Waals surface area contributed by atoms with E-state index in [1.807, 2.05) is 24.3 Å². The number of hydrogen-bond donors (Lipinski definition) is 2. The van der Waals surface area contributed by atoms with Gasteiger partial charge in [0, 0.05) is 6.54 Å². The number of fused-ring (bicyclic) bond motifs is 1. The predicted molar refractivity (Wildman–Crippen MR) is 92.6 cm³/mol. The van der Waals surface area contributed by atoms with Crippen LogP contribution in [-0.2, 0) is 6.54 Å². The Morgan fingerprint density at radius 2 is 1.84 bits per heavy atom. The monoisotopic (exact) mass is 335 g/mol. The summed E-state index contributed by atoms with van der Waals surface area (Å²) in [5, 5.41) is 11.4. The molecule has 0 radical (unpaired) electrons. The van der Waals surface area contributed by atoms with Crippen LogP contribution in [0.3, 0.4) is 0 Å². The van der Waals surface area contributed by atoms with Crippen molar-refractivity contribution in [1.82, 2.24) is 25.0 Å². The lowest BCUT2D eigenvalue weighted by Crippen LogP contribution is -2.10. The first-order valence-corrected chi connectivity index (χ1v) is 7.62. The number of benzene rings is 2. The van der Waals surface area contributed by atoms with E-state index in [1.165, 1.54) is 18.5 Å². The Morgan fingerprint density at radius 3 is 2.68 bits per heavy atom. The Balaban J connectivity index is 1.65. The predicted octanol–water partition coefficient (Wildman–Crippen LogP) is 2.54. The van der Waals surface area contributed by atoms with Crippen LogP contribution in [-0.4, -0.2) is 25.0 Å². The summed E-state index contributed by atoms with van der Waals surface area (Å²) >= 11 is 0. The fraction of sp³-hybridized carbons (Fsp3) is 0.0588. The van der Waals surface area contributed by atoms with Crippen LogP contribution in [0.15, 0.2) is 54.9 Å². The van der Waals surface area contributed by atoms with E-state index < -0.39 is 0 Å². The maximum Gasteiger partial charge on any atom is 0.184 e. The van der Waals surface area contributed by atoms with Gasteiger partial charge in [-0.1, -0.05) is 29.5 Å². The van der Waals surface area contributed by atoms with Crippen molar-refractivity contribution in [3.63, 3.8) is 0 Å². The Hall–Kier alpha value is -3.55. The summed E-state index contributed by atoms with van der Waals surface area (Å²) in [6.07, 6.45) is 1.41. The van der Waals surface area contributed by atoms with Crippen molar-refractivity contribution >= 4 is 22.5 Å². The van der Waals surface area contributed by atoms with Crippen molar-refractivity contribution in [1.29, 1.82) is 0 Å². The SMILES string of the molecule is Nc1c(NCc2ccc(F)cc2)ncnc1-n1nnc2ccccc21. The summed E-state index contributed by atoms with van der Waals surface area (Å²) in [5.41, 5.74) is 9.04. The van der Waals surface area contributed by atoms with Crippen molar-refractivity contribution in [3.8, 4) is 5.82 Å². The van der Waals surface area contributed by atoms with Crippen LogP contribution in [0, 0.1) is 5.82 Å². The topological polar surface area (TPSA) is 94.5 Å². The molecule has 0 bridgehead atoms. The Bertz CT molecular complexity index is 1030. The number of hydrogen-bond acceptors (Lipinski definition) is 6. The average Bonchev–Trinajstić information content (AvgIpc) is 3.06. The molecule has 0 aliphatic heterocycles. The summed E-state index contributed by atoms with van der Waals surface area (Å²) < 4.78 is 14.6. The standard InChI is InChI=1S/C17H14FN7/c18-12-7-5-11(6-8-12)9-20-16-15(19)17(22-10-21-16)25-14-4-2-1-3-13(14)23-24-25/h1-8,10H,9,19H2,(H,20,21,22). The van der Waals surface area contributed by atoms with Crippen LogP contribution in [0.4, 0.5) is 15.9 Å². The molecule has 25 heavy (non-hydrogen) atoms. The van der Waals surface area contributed by atoms with Gasteiger partial charge in [0.25, 0.3) is 0 Å². The molecule has 0 spiro atoms. The van der Waals surface area contributed by atoms with E-state index in [9.17, 15) is 4.39 Å². The van der Waals surface area contributed by atoms with Crippen LogP contribution in [0.2, 0.25) is 0 Å². The first-order valence-electron chi connectivity index (χ1n) is 7.62. The number of nitrogens with zero attached hydrogens (tertiary/aromatic N) is 5. The second-order valence-electron chi connectivity index (χ2n) is 5.43. The Kier molecular flexibility index (Phi) is 3.70. The third-order valence-electron chi connectivity index (χ3n) is 3.79. The molecule has 2 heterocycles. The lowest BCUT2D eigenvalue weighted by molar-refractivity contribution is 0.627. The Labute approximate surface area is 142 Å². The average molecular weight is 335 g/mol. The third kappa shape index (κ3) is 2.85. The molecular weight excluding hydrogens is 321 g/mol. The van der Waals surface area contributed by atoms with Gasteiger partial charge in [0.1, 0.15) is 23.3 Å². The van der Waals surface area contributed by atoms with Gasteiger partial charge in [-0.05, 0) is 29.8 Å². The summed E-state index contributed by atoms with van der Waals surface area (Å²) in [4.78, 5) is 8.41. The van der Waals surface area contributed by atoms with Gasteiger partial charge in [-0.3, -0.25) is 0 Å². The smallest absolute Gasteiger partial charge is 0.184 e. The minimum atomic E-state index is -0.273. The van der Waals surface area contributed by atoms with E-state index in [-0.39, 0.29) is 5.82 Å². The number of nitrogens with one attached hydrogen (secondary N) is 1. The summed E-state index contributed by atoms with van der Waals surface area (Å²) in [7, 11) is 0. The molecule has 0 fully saturated rings. The molecule has 4 aromatic rings. The molecule has 0 atom stereocenters. The molecule has 0 saturated heterocycles. The molecule has 124 valence electrons. The Morgan fingerprint density at radius 1 is 1.04 bits per heavy atom. The van der Waals surface area contributed by atoms with E-state index in [2.05, 4.69) is 25.6 Å². The normalized spacial score (nSPS) is 10.9. The molecule has 4 rings (SSSR count). The van der Waals surface area contributed by atoms with Crippen molar-refractivity contribution in [3.05, 3.63) is 66.2 Å². The van der Waals surface area contributed by atoms with Crippen molar-refractivity contribution in [2.24, 2.45) is 0 Å². The molecule has 0 unspecified atom stereocenters. The van der Waals surface area contributed by atoms with Gasteiger partial charge < -0.3 is 11.1 Å². The maximum absolute atomic E-state index is 13.0. The van der Waals surface area contributed by atoms with Crippen LogP contribution < -0.4 is 11.1 Å². The second kappa shape index (κ2) is 6.16. The zero-order chi connectivity index (χ0) is 17.2. The van der Waals surface area contributed by atoms with E-state index >= 15 is 0 Å². The number of nitrogens with two attached hydrogens (primary N) is 1. The highest BCUT2D eigenvalue weighted by molar-refractivity contribution is 5.78. The van der Waals surface area contributed by atoms with Gasteiger partial charge in [0.15, 0.2) is 11.6 Å². The number of nitrogen functional groups attached to an aromatic ring is 1. The fourth-order valence-electron chi connectivity index (χ4n) is 2.51. The lowest BCUT2D eigenvalue weighted by atomic mass is 10.2. The van der Waals surface area contributed by atoms with Gasteiger partial charge in [0.2, 0.25) is 0 Å². The molecule has 0 aliphatic carbocycles. The van der Waals surface area contributed by atoms with E-state index in [1.54, 1.807) is 16.8 Å². The lowest BCUT2D eigenvalue weighted by Gasteiger charge is -2.11. The minimum absolute atomic E-state index is 0.273. The highest BCUT2D eigenvalue weighted by atomic mass is 19.1. The van der Waals surface area contributed by atoms with Gasteiger partial charge in [-0.2, -0.15) is 4.68 Å². The summed E-state index contributed by atoms with van der Waals surface area (Å²) in [5.74, 6) is 0.657.